The number of carboxylic acid groups (broad SMARTS) is 1. The molecule has 0 radical (unpaired) electrons. The standard InChI is InChI=1S/C18H16N4O4/c23-16(24)11-19-17(25)15(10-12-6-2-1-3-7-12)22-18(26)13-8-4-5-9-14(13)20-21-22/h1-9,15H,10-11H2,(H,19,25)(H,23,24)/p-1/t15-/m0/s1. The summed E-state index contributed by atoms with van der Waals surface area (Å²) in [6, 6.07) is 14.7. The van der Waals surface area contributed by atoms with Gasteiger partial charge in [0, 0.05) is 6.42 Å². The first-order chi connectivity index (χ1) is 12.6. The van der Waals surface area contributed by atoms with Crippen molar-refractivity contribution in [1.29, 1.82) is 0 Å². The number of nitrogens with zero attached hydrogens (tertiary/aromatic N) is 3. The largest absolute Gasteiger partial charge is 0.548 e. The number of aliphatic carboxylic acids is 1. The fourth-order valence-corrected chi connectivity index (χ4v) is 2.61. The highest BCUT2D eigenvalue weighted by molar-refractivity contribution is 5.84. The molecule has 0 saturated carbocycles. The quantitative estimate of drug-likeness (QED) is 0.636. The van der Waals surface area contributed by atoms with Crippen LogP contribution in [0, 0.1) is 0 Å². The smallest absolute Gasteiger partial charge is 0.278 e. The monoisotopic (exact) mass is 351 g/mol. The molecule has 2 aromatic carbocycles. The summed E-state index contributed by atoms with van der Waals surface area (Å²) in [7, 11) is 0. The molecule has 1 N–H and O–H groups in total. The van der Waals surface area contributed by atoms with Gasteiger partial charge in [-0.1, -0.05) is 47.7 Å². The Morgan fingerprint density at radius 3 is 2.50 bits per heavy atom. The van der Waals surface area contributed by atoms with Gasteiger partial charge in [-0.15, -0.1) is 5.10 Å². The van der Waals surface area contributed by atoms with Crippen LogP contribution in [0.25, 0.3) is 10.9 Å². The number of hydrogen-bond donors (Lipinski definition) is 1. The third kappa shape index (κ3) is 3.75. The highest BCUT2D eigenvalue weighted by Gasteiger charge is 2.24. The number of fused-ring (bicyclic) bond motifs is 1. The molecule has 1 aromatic heterocycles. The van der Waals surface area contributed by atoms with Crippen molar-refractivity contribution in [2.45, 2.75) is 12.5 Å². The number of carboxylic acids is 1. The average molecular weight is 351 g/mol. The van der Waals surface area contributed by atoms with E-state index in [9.17, 15) is 19.5 Å². The highest BCUT2D eigenvalue weighted by atomic mass is 16.4. The molecule has 132 valence electrons. The van der Waals surface area contributed by atoms with Crippen LogP contribution in [0.4, 0.5) is 0 Å². The van der Waals surface area contributed by atoms with Crippen molar-refractivity contribution in [3.63, 3.8) is 0 Å². The van der Waals surface area contributed by atoms with Gasteiger partial charge >= 0.3 is 0 Å². The molecule has 3 aromatic rings. The lowest BCUT2D eigenvalue weighted by molar-refractivity contribution is -0.304. The molecule has 1 atom stereocenters. The summed E-state index contributed by atoms with van der Waals surface area (Å²) in [4.78, 5) is 35.9. The molecule has 1 amide bonds. The second kappa shape index (κ2) is 7.56. The molecule has 0 aliphatic carbocycles. The number of rotatable bonds is 6. The van der Waals surface area contributed by atoms with Crippen LogP contribution in [0.15, 0.2) is 59.4 Å². The van der Waals surface area contributed by atoms with Crippen LogP contribution in [0.5, 0.6) is 0 Å². The first-order valence-electron chi connectivity index (χ1n) is 7.92. The lowest BCUT2D eigenvalue weighted by Crippen LogP contribution is -2.44. The second-order valence-corrected chi connectivity index (χ2v) is 5.65. The van der Waals surface area contributed by atoms with E-state index in [1.54, 1.807) is 48.5 Å². The SMILES string of the molecule is O=C([O-])CNC(=O)[C@H](Cc1ccccc1)n1nnc2ccccc2c1=O. The summed E-state index contributed by atoms with van der Waals surface area (Å²) in [6.07, 6.45) is 0.159. The molecule has 0 aliphatic heterocycles. The molecular weight excluding hydrogens is 336 g/mol. The van der Waals surface area contributed by atoms with Gasteiger partial charge in [-0.3, -0.25) is 9.59 Å². The zero-order valence-electron chi connectivity index (χ0n) is 13.7. The van der Waals surface area contributed by atoms with Gasteiger partial charge in [-0.25, -0.2) is 0 Å². The first-order valence-corrected chi connectivity index (χ1v) is 7.92. The third-order valence-corrected chi connectivity index (χ3v) is 3.87. The second-order valence-electron chi connectivity index (χ2n) is 5.65. The fourth-order valence-electron chi connectivity index (χ4n) is 2.61. The Hall–Kier alpha value is -3.55. The molecule has 0 bridgehead atoms. The minimum atomic E-state index is -1.42. The summed E-state index contributed by atoms with van der Waals surface area (Å²) in [6.45, 7) is -0.653. The zero-order chi connectivity index (χ0) is 18.5. The van der Waals surface area contributed by atoms with Crippen molar-refractivity contribution < 1.29 is 14.7 Å². The summed E-state index contributed by atoms with van der Waals surface area (Å²) >= 11 is 0. The Kier molecular flexibility index (Phi) is 5.02. The zero-order valence-corrected chi connectivity index (χ0v) is 13.7. The summed E-state index contributed by atoms with van der Waals surface area (Å²) in [5.41, 5.74) is 0.741. The van der Waals surface area contributed by atoms with E-state index in [1.807, 2.05) is 6.07 Å². The molecule has 0 saturated heterocycles. The molecule has 3 rings (SSSR count). The predicted octanol–water partition coefficient (Wildman–Crippen LogP) is -0.559. The predicted molar refractivity (Wildman–Crippen MR) is 91.0 cm³/mol. The third-order valence-electron chi connectivity index (χ3n) is 3.87. The van der Waals surface area contributed by atoms with Crippen LogP contribution in [-0.4, -0.2) is 33.4 Å². The Balaban J connectivity index is 2.02. The van der Waals surface area contributed by atoms with E-state index in [1.165, 1.54) is 0 Å². The van der Waals surface area contributed by atoms with Crippen LogP contribution in [0.3, 0.4) is 0 Å². The summed E-state index contributed by atoms with van der Waals surface area (Å²) in [5.74, 6) is -2.07. The Labute approximate surface area is 148 Å². The molecular formula is C18H15N4O4-. The van der Waals surface area contributed by atoms with Gasteiger partial charge in [0.1, 0.15) is 11.6 Å². The van der Waals surface area contributed by atoms with Crippen molar-refractivity contribution in [1.82, 2.24) is 20.3 Å². The van der Waals surface area contributed by atoms with Crippen LogP contribution in [-0.2, 0) is 16.0 Å². The Morgan fingerprint density at radius 1 is 1.08 bits per heavy atom. The van der Waals surface area contributed by atoms with E-state index in [-0.39, 0.29) is 6.42 Å². The van der Waals surface area contributed by atoms with E-state index in [0.717, 1.165) is 10.2 Å². The van der Waals surface area contributed by atoms with Gasteiger partial charge in [0.05, 0.1) is 17.9 Å². The minimum absolute atomic E-state index is 0.159. The van der Waals surface area contributed by atoms with E-state index >= 15 is 0 Å². The number of amides is 1. The number of carbonyl (C=O) groups is 2. The topological polar surface area (TPSA) is 117 Å². The van der Waals surface area contributed by atoms with Gasteiger partial charge < -0.3 is 15.2 Å². The van der Waals surface area contributed by atoms with Crippen LogP contribution in [0.2, 0.25) is 0 Å². The lowest BCUT2D eigenvalue weighted by Gasteiger charge is -2.18. The molecule has 0 unspecified atom stereocenters. The minimum Gasteiger partial charge on any atom is -0.548 e. The average Bonchev–Trinajstić information content (AvgIpc) is 2.66. The summed E-state index contributed by atoms with van der Waals surface area (Å²) in [5, 5.41) is 21.1. The van der Waals surface area contributed by atoms with Crippen molar-refractivity contribution >= 4 is 22.8 Å². The molecule has 8 heteroatoms. The Bertz CT molecular complexity index is 1000. The lowest BCUT2D eigenvalue weighted by atomic mass is 10.1. The van der Waals surface area contributed by atoms with Crippen molar-refractivity contribution in [3.05, 3.63) is 70.5 Å². The molecule has 0 fully saturated rings. The van der Waals surface area contributed by atoms with Gasteiger partial charge in [0.2, 0.25) is 5.91 Å². The maximum Gasteiger partial charge on any atom is 0.278 e. The van der Waals surface area contributed by atoms with Gasteiger partial charge in [0.15, 0.2) is 0 Å². The van der Waals surface area contributed by atoms with Gasteiger partial charge in [0.25, 0.3) is 5.56 Å². The highest BCUT2D eigenvalue weighted by Crippen LogP contribution is 2.13. The molecule has 0 aliphatic rings. The number of carbonyl (C=O) groups excluding carboxylic acids is 2. The summed E-state index contributed by atoms with van der Waals surface area (Å²) < 4.78 is 0.986. The number of aromatic nitrogens is 3. The van der Waals surface area contributed by atoms with Gasteiger partial charge in [-0.05, 0) is 17.7 Å². The van der Waals surface area contributed by atoms with E-state index in [0.29, 0.717) is 10.9 Å². The molecule has 1 heterocycles. The van der Waals surface area contributed by atoms with E-state index in [4.69, 9.17) is 0 Å². The Morgan fingerprint density at radius 2 is 1.77 bits per heavy atom. The van der Waals surface area contributed by atoms with Crippen LogP contribution >= 0.6 is 0 Å². The first kappa shape index (κ1) is 17.3. The molecule has 26 heavy (non-hydrogen) atoms. The number of benzene rings is 2. The van der Waals surface area contributed by atoms with Crippen LogP contribution in [0.1, 0.15) is 11.6 Å². The van der Waals surface area contributed by atoms with E-state index < -0.39 is 30.0 Å². The van der Waals surface area contributed by atoms with E-state index in [2.05, 4.69) is 15.6 Å². The van der Waals surface area contributed by atoms with Crippen molar-refractivity contribution in [3.8, 4) is 0 Å². The normalized spacial score (nSPS) is 11.8. The van der Waals surface area contributed by atoms with Gasteiger partial charge in [-0.2, -0.15) is 4.68 Å². The maximum atomic E-state index is 12.8. The fraction of sp³-hybridized carbons (Fsp3) is 0.167. The molecule has 8 nitrogen and oxygen atoms in total. The molecule has 0 spiro atoms. The van der Waals surface area contributed by atoms with Crippen LogP contribution < -0.4 is 16.0 Å². The van der Waals surface area contributed by atoms with Crippen molar-refractivity contribution in [2.75, 3.05) is 6.54 Å². The number of hydrogen-bond acceptors (Lipinski definition) is 6. The number of nitrogens with one attached hydrogen (secondary N) is 1. The van der Waals surface area contributed by atoms with Crippen molar-refractivity contribution in [2.24, 2.45) is 0 Å². The maximum absolute atomic E-state index is 12.8.